The molecule has 0 heteroatoms. The Bertz CT molecular complexity index is 202. The molecule has 0 unspecified atom stereocenters. The average Bonchev–Trinajstić information content (AvgIpc) is 2.13. The van der Waals surface area contributed by atoms with Gasteiger partial charge in [-0.25, -0.2) is 0 Å². The first kappa shape index (κ1) is 13.2. The molecule has 0 radical (unpaired) electrons. The van der Waals surface area contributed by atoms with Crippen molar-refractivity contribution in [3.8, 4) is 0 Å². The van der Waals surface area contributed by atoms with E-state index in [0.29, 0.717) is 0 Å². The Hall–Kier alpha value is -0.780. The van der Waals surface area contributed by atoms with E-state index in [1.165, 1.54) is 36.8 Å². The van der Waals surface area contributed by atoms with E-state index in [-0.39, 0.29) is 0 Å². The van der Waals surface area contributed by atoms with E-state index < -0.39 is 0 Å². The number of allylic oxidation sites excluding steroid dienone is 5. The quantitative estimate of drug-likeness (QED) is 0.392. The zero-order chi connectivity index (χ0) is 10.8. The summed E-state index contributed by atoms with van der Waals surface area (Å²) in [5.41, 5.74) is 2.93. The van der Waals surface area contributed by atoms with Crippen LogP contribution < -0.4 is 0 Å². The SMILES string of the molecule is C=CCC/C(C)=C/CCCC=C(C)C. The Morgan fingerprint density at radius 1 is 1.00 bits per heavy atom. The maximum atomic E-state index is 3.73. The molecule has 0 amide bonds. The summed E-state index contributed by atoms with van der Waals surface area (Å²) in [5.74, 6) is 0. The molecule has 0 bridgehead atoms. The Balaban J connectivity index is 3.50. The molecule has 0 aliphatic carbocycles. The van der Waals surface area contributed by atoms with E-state index in [1.54, 1.807) is 0 Å². The Morgan fingerprint density at radius 2 is 1.64 bits per heavy atom. The topological polar surface area (TPSA) is 0 Å². The fourth-order valence-electron chi connectivity index (χ4n) is 1.29. The maximum absolute atomic E-state index is 3.73. The molecule has 0 saturated carbocycles. The molecule has 0 atom stereocenters. The molecule has 0 aromatic carbocycles. The monoisotopic (exact) mass is 192 g/mol. The molecule has 0 aliphatic rings. The predicted molar refractivity (Wildman–Crippen MR) is 66.5 cm³/mol. The van der Waals surface area contributed by atoms with E-state index in [4.69, 9.17) is 0 Å². The summed E-state index contributed by atoms with van der Waals surface area (Å²) in [4.78, 5) is 0. The van der Waals surface area contributed by atoms with Crippen LogP contribution in [0.15, 0.2) is 36.0 Å². The summed E-state index contributed by atoms with van der Waals surface area (Å²) in [6.07, 6.45) is 12.6. The molecule has 0 nitrogen and oxygen atoms in total. The van der Waals surface area contributed by atoms with Crippen molar-refractivity contribution >= 4 is 0 Å². The first-order chi connectivity index (χ1) is 6.66. The van der Waals surface area contributed by atoms with Crippen LogP contribution in [0.25, 0.3) is 0 Å². The van der Waals surface area contributed by atoms with Crippen molar-refractivity contribution in [3.05, 3.63) is 36.0 Å². The van der Waals surface area contributed by atoms with Crippen LogP contribution >= 0.6 is 0 Å². The predicted octanol–water partition coefficient (Wildman–Crippen LogP) is 5.04. The van der Waals surface area contributed by atoms with Gasteiger partial charge in [0.2, 0.25) is 0 Å². The fraction of sp³-hybridized carbons (Fsp3) is 0.571. The van der Waals surface area contributed by atoms with Gasteiger partial charge in [0.15, 0.2) is 0 Å². The zero-order valence-electron chi connectivity index (χ0n) is 9.97. The van der Waals surface area contributed by atoms with E-state index in [9.17, 15) is 0 Å². The van der Waals surface area contributed by atoms with Gasteiger partial charge in [0.25, 0.3) is 0 Å². The minimum Gasteiger partial charge on any atom is -0.103 e. The number of hydrogen-bond donors (Lipinski definition) is 0. The van der Waals surface area contributed by atoms with Gasteiger partial charge < -0.3 is 0 Å². The van der Waals surface area contributed by atoms with Crippen LogP contribution in [0.5, 0.6) is 0 Å². The third-order valence-electron chi connectivity index (χ3n) is 2.20. The second kappa shape index (κ2) is 8.80. The third kappa shape index (κ3) is 9.31. The van der Waals surface area contributed by atoms with Gasteiger partial charge >= 0.3 is 0 Å². The normalized spacial score (nSPS) is 11.2. The van der Waals surface area contributed by atoms with Crippen LogP contribution in [-0.2, 0) is 0 Å². The Labute approximate surface area is 89.4 Å². The van der Waals surface area contributed by atoms with Crippen LogP contribution in [-0.4, -0.2) is 0 Å². The minimum atomic E-state index is 1.11. The molecule has 0 N–H and O–H groups in total. The first-order valence-electron chi connectivity index (χ1n) is 5.56. The molecule has 0 spiro atoms. The van der Waals surface area contributed by atoms with Gasteiger partial charge in [0, 0.05) is 0 Å². The van der Waals surface area contributed by atoms with E-state index >= 15 is 0 Å². The molecule has 0 rings (SSSR count). The summed E-state index contributed by atoms with van der Waals surface area (Å²) < 4.78 is 0. The van der Waals surface area contributed by atoms with Crippen molar-refractivity contribution in [1.29, 1.82) is 0 Å². The lowest BCUT2D eigenvalue weighted by molar-refractivity contribution is 0.846. The van der Waals surface area contributed by atoms with Crippen molar-refractivity contribution in [2.75, 3.05) is 0 Å². The molecule has 0 fully saturated rings. The van der Waals surface area contributed by atoms with Crippen molar-refractivity contribution in [3.63, 3.8) is 0 Å². The highest BCUT2D eigenvalue weighted by Gasteiger charge is 1.88. The van der Waals surface area contributed by atoms with E-state index in [2.05, 4.69) is 39.5 Å². The summed E-state index contributed by atoms with van der Waals surface area (Å²) in [7, 11) is 0. The van der Waals surface area contributed by atoms with Gasteiger partial charge in [0.1, 0.15) is 0 Å². The first-order valence-corrected chi connectivity index (χ1v) is 5.56. The Kier molecular flexibility index (Phi) is 8.31. The van der Waals surface area contributed by atoms with Crippen LogP contribution in [0, 0.1) is 0 Å². The molecular formula is C14H24. The molecule has 0 saturated heterocycles. The largest absolute Gasteiger partial charge is 0.103 e. The summed E-state index contributed by atoms with van der Waals surface area (Å²) in [5, 5.41) is 0. The molecule has 80 valence electrons. The lowest BCUT2D eigenvalue weighted by Crippen LogP contribution is -1.77. The second-order valence-electron chi connectivity index (χ2n) is 4.09. The summed E-state index contributed by atoms with van der Waals surface area (Å²) >= 11 is 0. The number of rotatable bonds is 7. The second-order valence-corrected chi connectivity index (χ2v) is 4.09. The van der Waals surface area contributed by atoms with Crippen molar-refractivity contribution < 1.29 is 0 Å². The van der Waals surface area contributed by atoms with Gasteiger partial charge in [-0.1, -0.05) is 29.4 Å². The molecule has 14 heavy (non-hydrogen) atoms. The van der Waals surface area contributed by atoms with Gasteiger partial charge in [-0.05, 0) is 52.9 Å². The van der Waals surface area contributed by atoms with Crippen LogP contribution in [0.2, 0.25) is 0 Å². The highest BCUT2D eigenvalue weighted by molar-refractivity contribution is 4.99. The number of unbranched alkanes of at least 4 members (excludes halogenated alkanes) is 2. The van der Waals surface area contributed by atoms with E-state index in [1.807, 2.05) is 6.08 Å². The van der Waals surface area contributed by atoms with Crippen LogP contribution in [0.3, 0.4) is 0 Å². The zero-order valence-corrected chi connectivity index (χ0v) is 9.97. The van der Waals surface area contributed by atoms with Gasteiger partial charge in [-0.3, -0.25) is 0 Å². The van der Waals surface area contributed by atoms with Gasteiger partial charge in [-0.15, -0.1) is 6.58 Å². The molecule has 0 aromatic rings. The standard InChI is InChI=1S/C14H24/c1-5-6-11-14(4)12-9-7-8-10-13(2)3/h5,10,12H,1,6-9,11H2,2-4H3/b14-12+. The summed E-state index contributed by atoms with van der Waals surface area (Å²) in [6, 6.07) is 0. The van der Waals surface area contributed by atoms with E-state index in [0.717, 1.165) is 6.42 Å². The highest BCUT2D eigenvalue weighted by Crippen LogP contribution is 2.08. The molecule has 0 aromatic heterocycles. The Morgan fingerprint density at radius 3 is 2.21 bits per heavy atom. The van der Waals surface area contributed by atoms with Gasteiger partial charge in [-0.2, -0.15) is 0 Å². The third-order valence-corrected chi connectivity index (χ3v) is 2.20. The van der Waals surface area contributed by atoms with Crippen LogP contribution in [0.1, 0.15) is 52.9 Å². The molecule has 0 aliphatic heterocycles. The summed E-state index contributed by atoms with van der Waals surface area (Å²) in [6.45, 7) is 10.3. The average molecular weight is 192 g/mol. The van der Waals surface area contributed by atoms with Crippen molar-refractivity contribution in [2.24, 2.45) is 0 Å². The fourth-order valence-corrected chi connectivity index (χ4v) is 1.29. The van der Waals surface area contributed by atoms with Crippen molar-refractivity contribution in [2.45, 2.75) is 52.9 Å². The minimum absolute atomic E-state index is 1.11. The lowest BCUT2D eigenvalue weighted by atomic mass is 10.1. The molecular weight excluding hydrogens is 168 g/mol. The number of hydrogen-bond acceptors (Lipinski definition) is 0. The lowest BCUT2D eigenvalue weighted by Gasteiger charge is -1.98. The van der Waals surface area contributed by atoms with Crippen molar-refractivity contribution in [1.82, 2.24) is 0 Å². The highest BCUT2D eigenvalue weighted by atomic mass is 13.9. The maximum Gasteiger partial charge on any atom is -0.0288 e. The molecule has 0 heterocycles. The van der Waals surface area contributed by atoms with Gasteiger partial charge in [0.05, 0.1) is 0 Å². The smallest absolute Gasteiger partial charge is 0.0288 e. The van der Waals surface area contributed by atoms with Crippen LogP contribution in [0.4, 0.5) is 0 Å².